The normalized spacial score (nSPS) is 17.2. The summed E-state index contributed by atoms with van der Waals surface area (Å²) in [7, 11) is -16.5. The zero-order valence-corrected chi connectivity index (χ0v) is 40.7. The van der Waals surface area contributed by atoms with Crippen molar-refractivity contribution in [2.45, 2.75) is 99.2 Å². The highest BCUT2D eigenvalue weighted by Crippen LogP contribution is 2.52. The minimum atomic E-state index is -4.91. The molecule has 65 heavy (non-hydrogen) atoms. The fraction of sp³-hybridized carbons (Fsp3) is 0.391. The molecule has 0 amide bonds. The predicted molar refractivity (Wildman–Crippen MR) is 253 cm³/mol. The fourth-order valence-electron chi connectivity index (χ4n) is 9.22. The van der Waals surface area contributed by atoms with Gasteiger partial charge in [0.1, 0.15) is 17.2 Å². The summed E-state index contributed by atoms with van der Waals surface area (Å²) in [5.74, 6) is -0.492. The number of carbonyl (C=O) groups is 1. The molecule has 19 heteroatoms. The van der Waals surface area contributed by atoms with Crippen molar-refractivity contribution in [1.82, 2.24) is 4.31 Å². The molecule has 0 fully saturated rings. The maximum absolute atomic E-state index is 13.9. The van der Waals surface area contributed by atoms with Gasteiger partial charge in [0, 0.05) is 78.3 Å². The summed E-state index contributed by atoms with van der Waals surface area (Å²) in [4.78, 5) is 12.4. The number of unbranched alkanes of at least 4 members (excludes halogenated alkanes) is 1. The summed E-state index contributed by atoms with van der Waals surface area (Å²) < 4.78 is 134. The van der Waals surface area contributed by atoms with E-state index < -0.39 is 66.8 Å². The molecule has 0 radical (unpaired) electrons. The number of rotatable bonds is 18. The molecule has 4 aromatic rings. The minimum Gasteiger partial charge on any atom is -0.344 e. The first-order valence-corrected chi connectivity index (χ1v) is 27.1. The summed E-state index contributed by atoms with van der Waals surface area (Å²) in [6.07, 6.45) is 11.7. The van der Waals surface area contributed by atoms with E-state index in [1.54, 1.807) is 24.3 Å². The molecule has 0 saturated heterocycles. The Hall–Kier alpha value is -4.60. The van der Waals surface area contributed by atoms with E-state index in [0.717, 1.165) is 41.6 Å². The maximum Gasteiger partial charge on any atom is 0.295 e. The number of benzene rings is 4. The maximum atomic E-state index is 13.9. The zero-order chi connectivity index (χ0) is 48.1. The van der Waals surface area contributed by atoms with Crippen LogP contribution in [0.2, 0.25) is 0 Å². The summed E-state index contributed by atoms with van der Waals surface area (Å²) >= 11 is 0. The van der Waals surface area contributed by atoms with Gasteiger partial charge in [-0.25, -0.2) is 12.7 Å². The number of sulfonamides is 1. The third-order valence-corrected chi connectivity index (χ3v) is 16.7. The average Bonchev–Trinajstić information content (AvgIpc) is 3.55. The van der Waals surface area contributed by atoms with Gasteiger partial charge in [0.05, 0.1) is 21.0 Å². The van der Waals surface area contributed by atoms with E-state index in [1.165, 1.54) is 30.4 Å². The van der Waals surface area contributed by atoms with Gasteiger partial charge >= 0.3 is 0 Å². The van der Waals surface area contributed by atoms with Gasteiger partial charge < -0.3 is 9.69 Å². The summed E-state index contributed by atoms with van der Waals surface area (Å²) in [6, 6.07) is 13.9. The van der Waals surface area contributed by atoms with Crippen LogP contribution in [0.5, 0.6) is 0 Å². The number of carbonyl (C=O) groups excluding carboxylic acids is 1. The smallest absolute Gasteiger partial charge is 0.295 e. The van der Waals surface area contributed by atoms with Gasteiger partial charge in [-0.05, 0) is 86.4 Å². The number of hydrogen-bond acceptors (Lipinski definition) is 10. The average molecular weight is 971 g/mol. The van der Waals surface area contributed by atoms with Gasteiger partial charge in [0.2, 0.25) is 15.7 Å². The highest BCUT2D eigenvalue weighted by molar-refractivity contribution is 7.89. The third kappa shape index (κ3) is 9.93. The molecule has 350 valence electrons. The standard InChI is InChI=1S/C46H55N3O12S4/c1-8-9-26-48-38-24-22-34-36(29-32(64(56,57)58)30-40(34)65(59,60)61)44(38)46(5,6)42(48)20-12-10-11-19-41-45(3,4)43-35-17-13-18-39(63(54,55)47(7)25-14-16-31(2)50)33(35)21-23-37(43)49(41)27-15-28-62(51,52)53/h10-13,17-24,29-30H,8-9,14-16,25-28H2,1-7H3,(H2-,51,52,53,56,57,58,59,60,61)/p+1. The quantitative estimate of drug-likeness (QED) is 0.0494. The second-order valence-electron chi connectivity index (χ2n) is 17.6. The Morgan fingerprint density at radius 3 is 2.06 bits per heavy atom. The number of anilines is 1. The summed E-state index contributed by atoms with van der Waals surface area (Å²) in [5.41, 5.74) is 2.95. The molecule has 0 saturated carbocycles. The molecule has 0 unspecified atom stereocenters. The molecule has 4 aromatic carbocycles. The number of nitrogens with zero attached hydrogens (tertiary/aromatic N) is 3. The predicted octanol–water partition coefficient (Wildman–Crippen LogP) is 7.72. The highest BCUT2D eigenvalue weighted by Gasteiger charge is 2.46. The number of Topliss-reactive ketones (excluding diaryl/α,β-unsaturated/α-hetero) is 1. The Balaban J connectivity index is 1.42. The Bertz CT molecular complexity index is 3190. The number of fused-ring (bicyclic) bond motifs is 6. The zero-order valence-electron chi connectivity index (χ0n) is 37.4. The van der Waals surface area contributed by atoms with Crippen molar-refractivity contribution in [1.29, 1.82) is 0 Å². The van der Waals surface area contributed by atoms with Crippen LogP contribution in [0.25, 0.3) is 21.5 Å². The van der Waals surface area contributed by atoms with Gasteiger partial charge in [-0.1, -0.05) is 63.6 Å². The first-order chi connectivity index (χ1) is 30.1. The molecule has 3 N–H and O–H groups in total. The van der Waals surface area contributed by atoms with Crippen molar-refractivity contribution in [3.8, 4) is 0 Å². The van der Waals surface area contributed by atoms with E-state index >= 15 is 0 Å². The van der Waals surface area contributed by atoms with Gasteiger partial charge in [0.25, 0.3) is 30.4 Å². The van der Waals surface area contributed by atoms with Crippen LogP contribution in [-0.2, 0) is 56.0 Å². The van der Waals surface area contributed by atoms with Crippen LogP contribution in [0.3, 0.4) is 0 Å². The lowest BCUT2D eigenvalue weighted by Crippen LogP contribution is -2.29. The summed E-state index contributed by atoms with van der Waals surface area (Å²) in [6.45, 7) is 12.3. The van der Waals surface area contributed by atoms with E-state index in [9.17, 15) is 52.1 Å². The molecule has 15 nitrogen and oxygen atoms in total. The van der Waals surface area contributed by atoms with Gasteiger partial charge in [0.15, 0.2) is 5.71 Å². The second kappa shape index (κ2) is 18.2. The van der Waals surface area contributed by atoms with E-state index in [4.69, 9.17) is 0 Å². The van der Waals surface area contributed by atoms with Crippen LogP contribution in [0.4, 0.5) is 11.4 Å². The molecule has 2 heterocycles. The van der Waals surface area contributed by atoms with Crippen molar-refractivity contribution in [2.24, 2.45) is 0 Å². The Labute approximate surface area is 382 Å². The lowest BCUT2D eigenvalue weighted by Gasteiger charge is -2.27. The van der Waals surface area contributed by atoms with E-state index in [2.05, 4.69) is 4.90 Å². The first-order valence-electron chi connectivity index (χ1n) is 21.2. The van der Waals surface area contributed by atoms with Gasteiger partial charge in [-0.3, -0.25) is 13.7 Å². The molecule has 2 aliphatic heterocycles. The van der Waals surface area contributed by atoms with Gasteiger partial charge in [-0.15, -0.1) is 0 Å². The second-order valence-corrected chi connectivity index (χ2v) is 24.0. The van der Waals surface area contributed by atoms with Crippen molar-refractivity contribution >= 4 is 84.8 Å². The SMILES string of the molecule is CCCCN1/C(=C/C=C/C=C/C2=[N+](CCCS(=O)(=O)O)c3ccc4c(S(=O)(=O)N(C)CCCC(C)=O)cccc4c3C2(C)C)C(C)(C)c2c1ccc1c(S(=O)(=O)O)cc(S(=O)(=O)O)cc21. The third-order valence-electron chi connectivity index (χ3n) is 12.3. The van der Waals surface area contributed by atoms with Crippen LogP contribution in [0.15, 0.2) is 105 Å². The topological polar surface area (TPSA) is 224 Å². The van der Waals surface area contributed by atoms with Crippen LogP contribution in [0, 0.1) is 0 Å². The van der Waals surface area contributed by atoms with Crippen LogP contribution in [0.1, 0.15) is 84.8 Å². The molecule has 0 bridgehead atoms. The van der Waals surface area contributed by atoms with Crippen molar-refractivity contribution in [2.75, 3.05) is 37.3 Å². The van der Waals surface area contributed by atoms with Crippen LogP contribution in [-0.4, -0.2) is 100 Å². The lowest BCUT2D eigenvalue weighted by molar-refractivity contribution is -0.437. The van der Waals surface area contributed by atoms with E-state index in [-0.39, 0.29) is 47.4 Å². The van der Waals surface area contributed by atoms with Crippen LogP contribution < -0.4 is 4.90 Å². The monoisotopic (exact) mass is 970 g/mol. The molecule has 2 aliphatic rings. The summed E-state index contributed by atoms with van der Waals surface area (Å²) in [5, 5.41) is 1.55. The van der Waals surface area contributed by atoms with Crippen molar-refractivity contribution in [3.05, 3.63) is 102 Å². The molecule has 0 atom stereocenters. The Morgan fingerprint density at radius 2 is 1.43 bits per heavy atom. The van der Waals surface area contributed by atoms with Crippen LogP contribution >= 0.6 is 0 Å². The highest BCUT2D eigenvalue weighted by atomic mass is 32.2. The number of hydrogen-bond donors (Lipinski definition) is 3. The molecular formula is C46H56N3O12S4+. The molecular weight excluding hydrogens is 915 g/mol. The fourth-order valence-corrected chi connectivity index (χ4v) is 12.5. The molecule has 0 spiro atoms. The minimum absolute atomic E-state index is 0.0255. The number of ketones is 1. The Kier molecular flexibility index (Phi) is 14.0. The molecule has 0 aromatic heterocycles. The van der Waals surface area contributed by atoms with Gasteiger partial charge in [-0.2, -0.15) is 29.8 Å². The first kappa shape index (κ1) is 49.8. The molecule has 6 rings (SSSR count). The van der Waals surface area contributed by atoms with E-state index in [1.807, 2.05) is 81.7 Å². The molecule has 0 aliphatic carbocycles. The van der Waals surface area contributed by atoms with E-state index in [0.29, 0.717) is 35.0 Å². The number of allylic oxidation sites excluding steroid dienone is 6. The largest absolute Gasteiger partial charge is 0.344 e. The van der Waals surface area contributed by atoms with Crippen molar-refractivity contribution < 1.29 is 56.7 Å². The Morgan fingerprint density at radius 1 is 0.754 bits per heavy atom. The lowest BCUT2D eigenvalue weighted by atomic mass is 9.79. The van der Waals surface area contributed by atoms with Crippen molar-refractivity contribution in [3.63, 3.8) is 0 Å².